The smallest absolute Gasteiger partial charge is 0.277 e. The molecule has 2 aromatic rings. The molecule has 0 radical (unpaired) electrons. The van der Waals surface area contributed by atoms with Crippen LogP contribution in [0.1, 0.15) is 17.4 Å². The van der Waals surface area contributed by atoms with Crippen LogP contribution in [0.2, 0.25) is 10.0 Å². The van der Waals surface area contributed by atoms with E-state index < -0.39 is 5.91 Å². The van der Waals surface area contributed by atoms with Crippen molar-refractivity contribution >= 4 is 40.6 Å². The largest absolute Gasteiger partial charge is 0.384 e. The van der Waals surface area contributed by atoms with E-state index in [0.29, 0.717) is 16.6 Å². The molecule has 1 aromatic heterocycles. The van der Waals surface area contributed by atoms with Crippen LogP contribution in [0.25, 0.3) is 0 Å². The van der Waals surface area contributed by atoms with Gasteiger partial charge < -0.3 is 10.6 Å². The minimum Gasteiger partial charge on any atom is -0.384 e. The molecular formula is C15H15Cl2N5O. The number of aromatic nitrogens is 2. The molecular weight excluding hydrogens is 337 g/mol. The molecule has 8 heteroatoms. The predicted octanol–water partition coefficient (Wildman–Crippen LogP) is 3.24. The summed E-state index contributed by atoms with van der Waals surface area (Å²) in [5.74, 6) is -0.581. The fraction of sp³-hybridized carbons (Fsp3) is 0.200. The number of rotatable bonds is 5. The van der Waals surface area contributed by atoms with Crippen LogP contribution in [0.5, 0.6) is 0 Å². The number of hydrogen-bond acceptors (Lipinski definition) is 5. The molecule has 0 aliphatic rings. The first-order valence-electron chi connectivity index (χ1n) is 6.84. The third-order valence-corrected chi connectivity index (χ3v) is 3.82. The van der Waals surface area contributed by atoms with E-state index >= 15 is 0 Å². The second-order valence-corrected chi connectivity index (χ2v) is 5.70. The molecule has 0 saturated carbocycles. The van der Waals surface area contributed by atoms with Gasteiger partial charge in [-0.05, 0) is 30.3 Å². The third kappa shape index (κ3) is 4.91. The number of amidine groups is 1. The number of anilines is 1. The van der Waals surface area contributed by atoms with Gasteiger partial charge in [0.15, 0.2) is 5.69 Å². The molecule has 2 rings (SSSR count). The Labute approximate surface area is 143 Å². The molecule has 0 spiro atoms. The number of amides is 1. The van der Waals surface area contributed by atoms with Crippen molar-refractivity contribution in [2.24, 2.45) is 5.92 Å². The lowest BCUT2D eigenvalue weighted by Gasteiger charge is -2.15. The lowest BCUT2D eigenvalue weighted by Crippen LogP contribution is -2.37. The van der Waals surface area contributed by atoms with E-state index in [0.717, 1.165) is 5.69 Å². The highest BCUT2D eigenvalue weighted by atomic mass is 35.5. The summed E-state index contributed by atoms with van der Waals surface area (Å²) in [5, 5.41) is 21.9. The highest BCUT2D eigenvalue weighted by Crippen LogP contribution is 2.25. The van der Waals surface area contributed by atoms with Crippen molar-refractivity contribution in [3.8, 4) is 0 Å². The van der Waals surface area contributed by atoms with Crippen molar-refractivity contribution in [2.45, 2.75) is 6.92 Å². The van der Waals surface area contributed by atoms with Gasteiger partial charge >= 0.3 is 0 Å². The van der Waals surface area contributed by atoms with Crippen molar-refractivity contribution in [1.29, 1.82) is 5.41 Å². The van der Waals surface area contributed by atoms with Crippen LogP contribution in [0.4, 0.5) is 5.69 Å². The normalized spacial score (nSPS) is 11.6. The number of nitrogens with zero attached hydrogens (tertiary/aromatic N) is 2. The van der Waals surface area contributed by atoms with Crippen LogP contribution in [0.15, 0.2) is 36.5 Å². The Kier molecular flexibility index (Phi) is 5.90. The first kappa shape index (κ1) is 17.2. The van der Waals surface area contributed by atoms with Crippen LogP contribution in [-0.4, -0.2) is 28.5 Å². The molecule has 0 fully saturated rings. The lowest BCUT2D eigenvalue weighted by atomic mass is 10.1. The molecule has 0 unspecified atom stereocenters. The van der Waals surface area contributed by atoms with E-state index in [-0.39, 0.29) is 17.4 Å². The highest BCUT2D eigenvalue weighted by molar-refractivity contribution is 6.42. The number of hydrogen-bond donors (Lipinski definition) is 3. The zero-order valence-electron chi connectivity index (χ0n) is 12.3. The number of halogens is 2. The Bertz CT molecular complexity index is 708. The van der Waals surface area contributed by atoms with E-state index in [1.54, 1.807) is 24.3 Å². The van der Waals surface area contributed by atoms with Crippen molar-refractivity contribution in [3.63, 3.8) is 0 Å². The van der Waals surface area contributed by atoms with Crippen LogP contribution >= 0.6 is 23.2 Å². The topological polar surface area (TPSA) is 90.8 Å². The first-order chi connectivity index (χ1) is 11.0. The molecule has 0 aliphatic heterocycles. The molecule has 6 nitrogen and oxygen atoms in total. The first-order valence-corrected chi connectivity index (χ1v) is 7.59. The van der Waals surface area contributed by atoms with Gasteiger partial charge in [-0.1, -0.05) is 30.1 Å². The van der Waals surface area contributed by atoms with Crippen LogP contribution < -0.4 is 10.6 Å². The van der Waals surface area contributed by atoms with Gasteiger partial charge in [0.25, 0.3) is 5.91 Å². The minimum atomic E-state index is -0.454. The SMILES string of the molecule is C[C@@H](CNc1ccc(Cl)c(Cl)c1)C(=N)NC(=O)c1cccnn1. The quantitative estimate of drug-likeness (QED) is 0.569. The van der Waals surface area contributed by atoms with E-state index in [2.05, 4.69) is 20.8 Å². The standard InChI is InChI=1S/C15H15Cl2N5O/c1-9(8-19-10-4-5-11(16)12(17)7-10)14(18)21-15(23)13-3-2-6-20-22-13/h2-7,9,19H,8H2,1H3,(H2,18,21,23)/t9-/m0/s1. The van der Waals surface area contributed by atoms with Crippen molar-refractivity contribution in [1.82, 2.24) is 15.5 Å². The fourth-order valence-corrected chi connectivity index (χ4v) is 2.01. The van der Waals surface area contributed by atoms with Gasteiger partial charge in [-0.25, -0.2) is 0 Å². The molecule has 23 heavy (non-hydrogen) atoms. The van der Waals surface area contributed by atoms with Crippen molar-refractivity contribution in [2.75, 3.05) is 11.9 Å². The molecule has 1 aromatic carbocycles. The molecule has 0 saturated heterocycles. The van der Waals surface area contributed by atoms with Gasteiger partial charge in [-0.2, -0.15) is 5.10 Å². The summed E-state index contributed by atoms with van der Waals surface area (Å²) in [6.45, 7) is 2.28. The van der Waals surface area contributed by atoms with Crippen molar-refractivity contribution < 1.29 is 4.79 Å². The Morgan fingerprint density at radius 1 is 1.30 bits per heavy atom. The Balaban J connectivity index is 1.87. The Morgan fingerprint density at radius 2 is 2.09 bits per heavy atom. The van der Waals surface area contributed by atoms with Crippen LogP contribution in [0, 0.1) is 11.3 Å². The number of nitrogens with one attached hydrogen (secondary N) is 3. The third-order valence-electron chi connectivity index (χ3n) is 3.08. The van der Waals surface area contributed by atoms with Gasteiger partial charge in [0, 0.05) is 24.3 Å². The monoisotopic (exact) mass is 351 g/mol. The molecule has 120 valence electrons. The summed E-state index contributed by atoms with van der Waals surface area (Å²) in [6, 6.07) is 8.34. The average molecular weight is 352 g/mol. The van der Waals surface area contributed by atoms with Gasteiger partial charge in [0.05, 0.1) is 10.0 Å². The van der Waals surface area contributed by atoms with Crippen molar-refractivity contribution in [3.05, 3.63) is 52.3 Å². The molecule has 1 amide bonds. The van der Waals surface area contributed by atoms with Crippen LogP contribution in [0.3, 0.4) is 0 Å². The maximum Gasteiger partial charge on any atom is 0.277 e. The average Bonchev–Trinajstić information content (AvgIpc) is 2.56. The molecule has 3 N–H and O–H groups in total. The number of carbonyl (C=O) groups is 1. The number of carbonyl (C=O) groups excluding carboxylic acids is 1. The summed E-state index contributed by atoms with van der Waals surface area (Å²) >= 11 is 11.8. The highest BCUT2D eigenvalue weighted by Gasteiger charge is 2.14. The molecule has 1 heterocycles. The second kappa shape index (κ2) is 7.89. The van der Waals surface area contributed by atoms with Gasteiger partial charge in [0.1, 0.15) is 5.84 Å². The zero-order valence-corrected chi connectivity index (χ0v) is 13.8. The maximum absolute atomic E-state index is 11.9. The maximum atomic E-state index is 11.9. The fourth-order valence-electron chi connectivity index (χ4n) is 1.71. The van der Waals surface area contributed by atoms with E-state index in [9.17, 15) is 4.79 Å². The predicted molar refractivity (Wildman–Crippen MR) is 91.3 cm³/mol. The van der Waals surface area contributed by atoms with E-state index in [4.69, 9.17) is 28.6 Å². The zero-order chi connectivity index (χ0) is 16.8. The summed E-state index contributed by atoms with van der Waals surface area (Å²) < 4.78 is 0. The second-order valence-electron chi connectivity index (χ2n) is 4.89. The summed E-state index contributed by atoms with van der Waals surface area (Å²) in [4.78, 5) is 11.9. The van der Waals surface area contributed by atoms with E-state index in [1.807, 2.05) is 6.92 Å². The molecule has 0 bridgehead atoms. The summed E-state index contributed by atoms with van der Waals surface area (Å²) in [6.07, 6.45) is 1.48. The number of benzene rings is 1. The van der Waals surface area contributed by atoms with Crippen LogP contribution in [-0.2, 0) is 0 Å². The molecule has 0 aliphatic carbocycles. The molecule has 1 atom stereocenters. The van der Waals surface area contributed by atoms with E-state index in [1.165, 1.54) is 12.3 Å². The van der Waals surface area contributed by atoms with Gasteiger partial charge in [-0.3, -0.25) is 10.2 Å². The lowest BCUT2D eigenvalue weighted by molar-refractivity contribution is 0.0969. The summed E-state index contributed by atoms with van der Waals surface area (Å²) in [7, 11) is 0. The van der Waals surface area contributed by atoms with Gasteiger partial charge in [0.2, 0.25) is 0 Å². The minimum absolute atomic E-state index is 0.0909. The Morgan fingerprint density at radius 3 is 2.74 bits per heavy atom. The Hall–Kier alpha value is -2.18. The summed E-state index contributed by atoms with van der Waals surface area (Å²) in [5.41, 5.74) is 0.959. The van der Waals surface area contributed by atoms with Gasteiger partial charge in [-0.15, -0.1) is 5.10 Å².